The minimum absolute atomic E-state index is 0.245. The Hall–Kier alpha value is -2.52. The second kappa shape index (κ2) is 8.92. The maximum atomic E-state index is 12.4. The number of hydrogen-bond donors (Lipinski definition) is 2. The molecule has 0 atom stereocenters. The van der Waals surface area contributed by atoms with Crippen molar-refractivity contribution >= 4 is 51.7 Å². The predicted molar refractivity (Wildman–Crippen MR) is 106 cm³/mol. The van der Waals surface area contributed by atoms with Crippen LogP contribution in [0.2, 0.25) is 0 Å². The fourth-order valence-corrected chi connectivity index (χ4v) is 4.66. The SMILES string of the molecule is CCOC(=O)c1c(NC(=O)C(=O)N/N=C\c2cccs2)sc2c1CCCC2. The van der Waals surface area contributed by atoms with Gasteiger partial charge in [-0.1, -0.05) is 6.07 Å². The molecule has 0 saturated heterocycles. The predicted octanol–water partition coefficient (Wildman–Crippen LogP) is 2.95. The van der Waals surface area contributed by atoms with Gasteiger partial charge in [0.05, 0.1) is 18.4 Å². The molecule has 142 valence electrons. The fourth-order valence-electron chi connectivity index (χ4n) is 2.80. The van der Waals surface area contributed by atoms with Crippen LogP contribution in [0.5, 0.6) is 0 Å². The zero-order chi connectivity index (χ0) is 19.2. The second-order valence-electron chi connectivity index (χ2n) is 5.80. The van der Waals surface area contributed by atoms with Crippen molar-refractivity contribution in [1.29, 1.82) is 0 Å². The Bertz CT molecular complexity index is 872. The molecule has 0 aromatic carbocycles. The third-order valence-corrected chi connectivity index (χ3v) is 6.00. The van der Waals surface area contributed by atoms with Crippen LogP contribution in [0, 0.1) is 0 Å². The summed E-state index contributed by atoms with van der Waals surface area (Å²) in [6, 6.07) is 3.69. The van der Waals surface area contributed by atoms with Gasteiger partial charge in [-0.15, -0.1) is 22.7 Å². The number of nitrogens with one attached hydrogen (secondary N) is 2. The number of ether oxygens (including phenoxy) is 1. The average molecular weight is 406 g/mol. The van der Waals surface area contributed by atoms with Crippen molar-refractivity contribution in [2.24, 2.45) is 5.10 Å². The molecule has 2 heterocycles. The van der Waals surface area contributed by atoms with Crippen LogP contribution in [0.1, 0.15) is 45.4 Å². The van der Waals surface area contributed by atoms with Crippen LogP contribution in [0.25, 0.3) is 0 Å². The summed E-state index contributed by atoms with van der Waals surface area (Å²) in [4.78, 5) is 38.5. The van der Waals surface area contributed by atoms with Gasteiger partial charge in [-0.25, -0.2) is 10.2 Å². The molecule has 0 fully saturated rings. The molecular weight excluding hydrogens is 386 g/mol. The van der Waals surface area contributed by atoms with E-state index in [1.165, 1.54) is 28.9 Å². The topological polar surface area (TPSA) is 96.9 Å². The zero-order valence-corrected chi connectivity index (χ0v) is 16.4. The summed E-state index contributed by atoms with van der Waals surface area (Å²) in [7, 11) is 0. The largest absolute Gasteiger partial charge is 0.462 e. The van der Waals surface area contributed by atoms with E-state index in [2.05, 4.69) is 15.8 Å². The zero-order valence-electron chi connectivity index (χ0n) is 14.7. The normalized spacial score (nSPS) is 13.2. The Morgan fingerprint density at radius 1 is 1.26 bits per heavy atom. The van der Waals surface area contributed by atoms with Crippen molar-refractivity contribution in [3.05, 3.63) is 38.4 Å². The fraction of sp³-hybridized carbons (Fsp3) is 0.333. The van der Waals surface area contributed by atoms with Crippen molar-refractivity contribution < 1.29 is 19.1 Å². The summed E-state index contributed by atoms with van der Waals surface area (Å²) in [6.45, 7) is 1.97. The number of carbonyl (C=O) groups excluding carboxylic acids is 3. The first kappa shape index (κ1) is 19.2. The van der Waals surface area contributed by atoms with E-state index in [1.54, 1.807) is 6.92 Å². The van der Waals surface area contributed by atoms with Crippen molar-refractivity contribution in [2.75, 3.05) is 11.9 Å². The first-order valence-corrected chi connectivity index (χ1v) is 10.3. The standard InChI is InChI=1S/C18H19N3O4S2/c1-2-25-18(24)14-12-7-3-4-8-13(12)27-17(14)20-15(22)16(23)21-19-10-11-6-5-9-26-11/h5-6,9-10H,2-4,7-8H2,1H3,(H,20,22)(H,21,23)/b19-10-. The lowest BCUT2D eigenvalue weighted by atomic mass is 9.95. The number of fused-ring (bicyclic) bond motifs is 1. The lowest BCUT2D eigenvalue weighted by Crippen LogP contribution is -2.32. The van der Waals surface area contributed by atoms with Gasteiger partial charge in [0.2, 0.25) is 0 Å². The van der Waals surface area contributed by atoms with E-state index >= 15 is 0 Å². The molecule has 0 saturated carbocycles. The molecule has 2 N–H and O–H groups in total. The molecular formula is C18H19N3O4S2. The third-order valence-electron chi connectivity index (χ3n) is 3.99. The Morgan fingerprint density at radius 2 is 2.07 bits per heavy atom. The van der Waals surface area contributed by atoms with Gasteiger partial charge in [0.25, 0.3) is 0 Å². The van der Waals surface area contributed by atoms with Crippen molar-refractivity contribution in [3.8, 4) is 0 Å². The minimum Gasteiger partial charge on any atom is -0.462 e. The molecule has 0 radical (unpaired) electrons. The third kappa shape index (κ3) is 4.61. The van der Waals surface area contributed by atoms with E-state index in [1.807, 2.05) is 17.5 Å². The number of amides is 2. The van der Waals surface area contributed by atoms with Gasteiger partial charge in [0.15, 0.2) is 0 Å². The smallest absolute Gasteiger partial charge is 0.341 e. The highest BCUT2D eigenvalue weighted by Crippen LogP contribution is 2.38. The van der Waals surface area contributed by atoms with Gasteiger partial charge in [0, 0.05) is 9.75 Å². The molecule has 0 unspecified atom stereocenters. The Labute approximate surface area is 164 Å². The van der Waals surface area contributed by atoms with Crippen molar-refractivity contribution in [3.63, 3.8) is 0 Å². The number of hydrogen-bond acceptors (Lipinski definition) is 7. The van der Waals surface area contributed by atoms with Gasteiger partial charge >= 0.3 is 17.8 Å². The molecule has 2 aromatic heterocycles. The van der Waals surface area contributed by atoms with Crippen LogP contribution >= 0.6 is 22.7 Å². The number of esters is 1. The van der Waals surface area contributed by atoms with Crippen LogP contribution in [-0.2, 0) is 27.2 Å². The molecule has 0 aliphatic heterocycles. The molecule has 27 heavy (non-hydrogen) atoms. The maximum absolute atomic E-state index is 12.4. The maximum Gasteiger partial charge on any atom is 0.341 e. The van der Waals surface area contributed by atoms with E-state index in [-0.39, 0.29) is 6.61 Å². The highest BCUT2D eigenvalue weighted by atomic mass is 32.1. The number of nitrogens with zero attached hydrogens (tertiary/aromatic N) is 1. The molecule has 2 aromatic rings. The van der Waals surface area contributed by atoms with Gasteiger partial charge in [-0.05, 0) is 49.6 Å². The molecule has 3 rings (SSSR count). The van der Waals surface area contributed by atoms with Gasteiger partial charge in [-0.2, -0.15) is 5.10 Å². The summed E-state index contributed by atoms with van der Waals surface area (Å²) in [5.74, 6) is -2.24. The molecule has 9 heteroatoms. The van der Waals surface area contributed by atoms with Gasteiger partial charge in [0.1, 0.15) is 5.00 Å². The number of hydrazone groups is 1. The number of carbonyl (C=O) groups is 3. The molecule has 0 spiro atoms. The van der Waals surface area contributed by atoms with Crippen molar-refractivity contribution in [1.82, 2.24) is 5.43 Å². The molecule has 7 nitrogen and oxygen atoms in total. The highest BCUT2D eigenvalue weighted by molar-refractivity contribution is 7.17. The summed E-state index contributed by atoms with van der Waals surface area (Å²) < 4.78 is 5.13. The van der Waals surface area contributed by atoms with Gasteiger partial charge in [-0.3, -0.25) is 9.59 Å². The van der Waals surface area contributed by atoms with Crippen molar-refractivity contribution in [2.45, 2.75) is 32.6 Å². The Kier molecular flexibility index (Phi) is 6.36. The Balaban J connectivity index is 1.72. The van der Waals surface area contributed by atoms with Crippen LogP contribution in [0.15, 0.2) is 22.6 Å². The molecule has 0 bridgehead atoms. The van der Waals surface area contributed by atoms with E-state index < -0.39 is 17.8 Å². The van der Waals surface area contributed by atoms with Gasteiger partial charge < -0.3 is 10.1 Å². The van der Waals surface area contributed by atoms with E-state index in [0.29, 0.717) is 10.6 Å². The first-order chi connectivity index (χ1) is 13.1. The average Bonchev–Trinajstić information content (AvgIpc) is 3.28. The summed E-state index contributed by atoms with van der Waals surface area (Å²) in [5, 5.41) is 8.56. The number of thiophene rings is 2. The van der Waals surface area contributed by atoms with E-state index in [0.717, 1.165) is 41.0 Å². The Morgan fingerprint density at radius 3 is 2.81 bits per heavy atom. The van der Waals surface area contributed by atoms with E-state index in [9.17, 15) is 14.4 Å². The lowest BCUT2D eigenvalue weighted by molar-refractivity contribution is -0.136. The summed E-state index contributed by atoms with van der Waals surface area (Å²) >= 11 is 2.79. The lowest BCUT2D eigenvalue weighted by Gasteiger charge is -2.12. The number of anilines is 1. The highest BCUT2D eigenvalue weighted by Gasteiger charge is 2.28. The molecule has 1 aliphatic rings. The van der Waals surface area contributed by atoms with Crippen LogP contribution in [0.3, 0.4) is 0 Å². The second-order valence-corrected chi connectivity index (χ2v) is 7.89. The van der Waals surface area contributed by atoms with Crippen LogP contribution < -0.4 is 10.7 Å². The first-order valence-electron chi connectivity index (χ1n) is 8.59. The number of aryl methyl sites for hydroxylation is 1. The summed E-state index contributed by atoms with van der Waals surface area (Å²) in [5.41, 5.74) is 3.49. The van der Waals surface area contributed by atoms with Crippen LogP contribution in [0.4, 0.5) is 5.00 Å². The number of rotatable bonds is 5. The summed E-state index contributed by atoms with van der Waals surface area (Å²) in [6.07, 6.45) is 5.12. The monoisotopic (exact) mass is 405 g/mol. The van der Waals surface area contributed by atoms with Crippen LogP contribution in [-0.4, -0.2) is 30.6 Å². The minimum atomic E-state index is -0.899. The molecule has 1 aliphatic carbocycles. The van der Waals surface area contributed by atoms with E-state index in [4.69, 9.17) is 4.74 Å². The quantitative estimate of drug-likeness (QED) is 0.346. The molecule has 2 amide bonds.